The van der Waals surface area contributed by atoms with E-state index < -0.39 is 23.9 Å². The number of Topliss-reactive ketones (excluding diaryl/α,β-unsaturated/α-hetero) is 1. The van der Waals surface area contributed by atoms with E-state index in [1.807, 2.05) is 0 Å². The van der Waals surface area contributed by atoms with E-state index in [1.54, 1.807) is 0 Å². The summed E-state index contributed by atoms with van der Waals surface area (Å²) in [5.74, 6) is -2.34. The van der Waals surface area contributed by atoms with Crippen LogP contribution in [-0.4, -0.2) is 23.5 Å². The molecule has 0 fully saturated rings. The summed E-state index contributed by atoms with van der Waals surface area (Å²) < 4.78 is 34.9. The van der Waals surface area contributed by atoms with Crippen LogP contribution >= 0.6 is 0 Å². The van der Waals surface area contributed by atoms with Gasteiger partial charge in [0, 0.05) is 0 Å². The Morgan fingerprint density at radius 2 is 1.67 bits per heavy atom. The van der Waals surface area contributed by atoms with Gasteiger partial charge in [-0.15, -0.1) is 0 Å². The molecule has 0 amide bonds. The number of halogens is 3. The van der Waals surface area contributed by atoms with Crippen LogP contribution in [0, 0.1) is 5.92 Å². The molecule has 3 nitrogen and oxygen atoms in total. The Hall–Kier alpha value is -0.620. The molecular formula is C6H12F3NO2. The van der Waals surface area contributed by atoms with Gasteiger partial charge in [0.1, 0.15) is 0 Å². The fourth-order valence-electron chi connectivity index (χ4n) is 0.492. The van der Waals surface area contributed by atoms with Gasteiger partial charge in [-0.2, -0.15) is 13.2 Å². The summed E-state index contributed by atoms with van der Waals surface area (Å²) in [5.41, 5.74) is 4.98. The van der Waals surface area contributed by atoms with E-state index in [1.165, 1.54) is 13.8 Å². The fourth-order valence-corrected chi connectivity index (χ4v) is 0.492. The van der Waals surface area contributed by atoms with Crippen molar-refractivity contribution < 1.29 is 23.4 Å². The normalized spacial score (nSPS) is 13.9. The Balaban J connectivity index is 0. The number of alkyl halides is 3. The summed E-state index contributed by atoms with van der Waals surface area (Å²) in [7, 11) is 0. The van der Waals surface area contributed by atoms with E-state index in [0.29, 0.717) is 0 Å². The van der Waals surface area contributed by atoms with Gasteiger partial charge in [0.15, 0.2) is 0 Å². The van der Waals surface area contributed by atoms with Crippen molar-refractivity contribution in [1.82, 2.24) is 0 Å². The summed E-state index contributed by atoms with van der Waals surface area (Å²) in [6.07, 6.45) is -4.80. The minimum absolute atomic E-state index is 0. The molecule has 4 N–H and O–H groups in total. The third kappa shape index (κ3) is 3.68. The number of nitrogens with two attached hydrogens (primary N) is 1. The maximum atomic E-state index is 11.6. The Bertz CT molecular complexity index is 155. The molecule has 12 heavy (non-hydrogen) atoms. The van der Waals surface area contributed by atoms with Crippen LogP contribution in [0.25, 0.3) is 0 Å². The van der Waals surface area contributed by atoms with Gasteiger partial charge in [-0.05, 0) is 5.92 Å². The molecule has 74 valence electrons. The smallest absolute Gasteiger partial charge is 0.412 e. The van der Waals surface area contributed by atoms with Crippen molar-refractivity contribution >= 4 is 5.78 Å². The summed E-state index contributed by atoms with van der Waals surface area (Å²) >= 11 is 0. The molecule has 6 heteroatoms. The monoisotopic (exact) mass is 187 g/mol. The average Bonchev–Trinajstić information content (AvgIpc) is 1.82. The molecule has 1 atom stereocenters. The first-order chi connectivity index (χ1) is 4.76. The molecule has 0 bridgehead atoms. The van der Waals surface area contributed by atoms with E-state index in [2.05, 4.69) is 0 Å². The first-order valence-corrected chi connectivity index (χ1v) is 3.13. The largest absolute Gasteiger partial charge is 0.451 e. The molecule has 0 aromatic rings. The van der Waals surface area contributed by atoms with Gasteiger partial charge in [-0.3, -0.25) is 4.79 Å². The van der Waals surface area contributed by atoms with E-state index in [0.717, 1.165) is 0 Å². The summed E-state index contributed by atoms with van der Waals surface area (Å²) in [6.45, 7) is 2.93. The van der Waals surface area contributed by atoms with Crippen LogP contribution < -0.4 is 5.73 Å². The zero-order chi connectivity index (χ0) is 9.23. The van der Waals surface area contributed by atoms with Gasteiger partial charge in [-0.25, -0.2) is 0 Å². The standard InChI is InChI=1S/C6H10F3NO.H2O/c1-3(2)4(10)5(11)6(7,8)9;/h3-4H,10H2,1-2H3;1H2/t4-;/m0./s1. The SMILES string of the molecule is CC(C)[C@H](N)C(=O)C(F)(F)F.O. The third-order valence-electron chi connectivity index (χ3n) is 1.30. The van der Waals surface area contributed by atoms with Crippen LogP contribution in [0.15, 0.2) is 0 Å². The third-order valence-corrected chi connectivity index (χ3v) is 1.30. The van der Waals surface area contributed by atoms with Gasteiger partial charge in [-0.1, -0.05) is 13.8 Å². The van der Waals surface area contributed by atoms with E-state index in [4.69, 9.17) is 5.73 Å². The minimum Gasteiger partial charge on any atom is -0.412 e. The van der Waals surface area contributed by atoms with Crippen LogP contribution in [0.2, 0.25) is 0 Å². The zero-order valence-corrected chi connectivity index (χ0v) is 6.77. The van der Waals surface area contributed by atoms with Crippen molar-refractivity contribution in [3.63, 3.8) is 0 Å². The lowest BCUT2D eigenvalue weighted by molar-refractivity contribution is -0.173. The molecule has 0 aromatic carbocycles. The summed E-state index contributed by atoms with van der Waals surface area (Å²) in [6, 6.07) is -1.44. The molecule has 0 aliphatic rings. The number of ketones is 1. The van der Waals surface area contributed by atoms with E-state index in [9.17, 15) is 18.0 Å². The molecule has 0 aliphatic carbocycles. The van der Waals surface area contributed by atoms with Crippen molar-refractivity contribution in [2.45, 2.75) is 26.1 Å². The van der Waals surface area contributed by atoms with Gasteiger partial charge >= 0.3 is 6.18 Å². The van der Waals surface area contributed by atoms with Gasteiger partial charge in [0.05, 0.1) is 6.04 Å². The van der Waals surface area contributed by atoms with Crippen molar-refractivity contribution in [3.8, 4) is 0 Å². The quantitative estimate of drug-likeness (QED) is 0.674. The van der Waals surface area contributed by atoms with Crippen LogP contribution in [0.1, 0.15) is 13.8 Å². The lowest BCUT2D eigenvalue weighted by atomic mass is 10.0. The topological polar surface area (TPSA) is 74.6 Å². The molecule has 0 saturated heterocycles. The first kappa shape index (κ1) is 13.9. The Morgan fingerprint density at radius 1 is 1.33 bits per heavy atom. The molecule has 0 rings (SSSR count). The summed E-state index contributed by atoms with van der Waals surface area (Å²) in [5, 5.41) is 0. The fraction of sp³-hybridized carbons (Fsp3) is 0.833. The van der Waals surface area contributed by atoms with E-state index in [-0.39, 0.29) is 5.48 Å². The zero-order valence-electron chi connectivity index (χ0n) is 6.77. The van der Waals surface area contributed by atoms with Crippen LogP contribution in [0.5, 0.6) is 0 Å². The molecular weight excluding hydrogens is 175 g/mol. The number of rotatable bonds is 2. The second kappa shape index (κ2) is 4.42. The lowest BCUT2D eigenvalue weighted by Crippen LogP contribution is -2.43. The van der Waals surface area contributed by atoms with Crippen LogP contribution in [-0.2, 0) is 4.79 Å². The predicted octanol–water partition coefficient (Wildman–Crippen LogP) is 0.276. The molecule has 0 radical (unpaired) electrons. The van der Waals surface area contributed by atoms with Gasteiger partial charge < -0.3 is 11.2 Å². The van der Waals surface area contributed by atoms with Gasteiger partial charge in [0.2, 0.25) is 0 Å². The van der Waals surface area contributed by atoms with Crippen molar-refractivity contribution in [1.29, 1.82) is 0 Å². The number of hydrogen-bond acceptors (Lipinski definition) is 2. The average molecular weight is 187 g/mol. The van der Waals surface area contributed by atoms with Gasteiger partial charge in [0.25, 0.3) is 5.78 Å². The lowest BCUT2D eigenvalue weighted by Gasteiger charge is -2.15. The van der Waals surface area contributed by atoms with Crippen molar-refractivity contribution in [2.24, 2.45) is 11.7 Å². The van der Waals surface area contributed by atoms with Crippen molar-refractivity contribution in [3.05, 3.63) is 0 Å². The Morgan fingerprint density at radius 3 is 1.75 bits per heavy atom. The Labute approximate surface area is 68.0 Å². The number of carbonyl (C=O) groups is 1. The highest BCUT2D eigenvalue weighted by atomic mass is 19.4. The van der Waals surface area contributed by atoms with Crippen LogP contribution in [0.4, 0.5) is 13.2 Å². The molecule has 0 aromatic heterocycles. The highest BCUT2D eigenvalue weighted by Gasteiger charge is 2.42. The highest BCUT2D eigenvalue weighted by molar-refractivity contribution is 5.89. The molecule has 0 unspecified atom stereocenters. The maximum Gasteiger partial charge on any atom is 0.451 e. The maximum absolute atomic E-state index is 11.6. The Kier molecular flexibility index (Phi) is 5.13. The molecule has 0 spiro atoms. The van der Waals surface area contributed by atoms with Crippen molar-refractivity contribution in [2.75, 3.05) is 0 Å². The molecule has 0 aliphatic heterocycles. The second-order valence-electron chi connectivity index (χ2n) is 2.63. The highest BCUT2D eigenvalue weighted by Crippen LogP contribution is 2.19. The second-order valence-corrected chi connectivity index (χ2v) is 2.63. The predicted molar refractivity (Wildman–Crippen MR) is 37.5 cm³/mol. The first-order valence-electron chi connectivity index (χ1n) is 3.13. The molecule has 0 saturated carbocycles. The number of hydrogen-bond donors (Lipinski definition) is 1. The van der Waals surface area contributed by atoms with Crippen LogP contribution in [0.3, 0.4) is 0 Å². The minimum atomic E-state index is -4.80. The molecule has 0 heterocycles. The van der Waals surface area contributed by atoms with E-state index >= 15 is 0 Å². The summed E-state index contributed by atoms with van der Waals surface area (Å²) in [4.78, 5) is 10.4. The number of carbonyl (C=O) groups excluding carboxylic acids is 1.